The van der Waals surface area contributed by atoms with E-state index in [9.17, 15) is 0 Å². The molecule has 0 spiro atoms. The van der Waals surface area contributed by atoms with Crippen molar-refractivity contribution in [2.75, 3.05) is 50.2 Å². The van der Waals surface area contributed by atoms with Crippen LogP contribution in [0, 0.1) is 6.92 Å². The third-order valence-corrected chi connectivity index (χ3v) is 6.70. The highest BCUT2D eigenvalue weighted by Gasteiger charge is 2.23. The molecule has 32 heavy (non-hydrogen) atoms. The fourth-order valence-corrected chi connectivity index (χ4v) is 5.19. The summed E-state index contributed by atoms with van der Waals surface area (Å²) in [6.07, 6.45) is 3.69. The van der Waals surface area contributed by atoms with E-state index in [1.54, 1.807) is 25.6 Å². The first-order valence-electron chi connectivity index (χ1n) is 10.6. The minimum atomic E-state index is 0.713. The number of anilines is 2. The van der Waals surface area contributed by atoms with E-state index in [4.69, 9.17) is 19.4 Å². The predicted molar refractivity (Wildman–Crippen MR) is 129 cm³/mol. The maximum Gasteiger partial charge on any atom is 0.161 e. The number of fused-ring (bicyclic) bond motifs is 1. The van der Waals surface area contributed by atoms with Gasteiger partial charge in [-0.3, -0.25) is 4.98 Å². The molecule has 7 nitrogen and oxygen atoms in total. The number of hydrogen-bond acceptors (Lipinski definition) is 8. The Morgan fingerprint density at radius 3 is 2.31 bits per heavy atom. The number of hydrogen-bond donors (Lipinski definition) is 0. The zero-order chi connectivity index (χ0) is 22.1. The third-order valence-electron chi connectivity index (χ3n) is 5.83. The Morgan fingerprint density at radius 1 is 0.875 bits per heavy atom. The molecule has 4 aromatic rings. The molecule has 8 heteroatoms. The van der Waals surface area contributed by atoms with E-state index in [0.717, 1.165) is 64.9 Å². The summed E-state index contributed by atoms with van der Waals surface area (Å²) in [5, 5.41) is 3.27. The van der Waals surface area contributed by atoms with Crippen LogP contribution in [0.25, 0.3) is 21.3 Å². The van der Waals surface area contributed by atoms with Crippen LogP contribution in [0.1, 0.15) is 5.82 Å². The second kappa shape index (κ2) is 8.63. The van der Waals surface area contributed by atoms with E-state index in [0.29, 0.717) is 5.75 Å². The molecule has 5 rings (SSSR count). The van der Waals surface area contributed by atoms with Crippen molar-refractivity contribution in [1.82, 2.24) is 15.0 Å². The van der Waals surface area contributed by atoms with Crippen LogP contribution in [0.3, 0.4) is 0 Å². The number of pyridine rings is 1. The first-order chi connectivity index (χ1) is 15.7. The smallest absolute Gasteiger partial charge is 0.161 e. The van der Waals surface area contributed by atoms with Crippen LogP contribution < -0.4 is 19.3 Å². The summed E-state index contributed by atoms with van der Waals surface area (Å²) in [4.78, 5) is 19.5. The Kier molecular flexibility index (Phi) is 5.53. The summed E-state index contributed by atoms with van der Waals surface area (Å²) in [5.41, 5.74) is 3.40. The van der Waals surface area contributed by atoms with E-state index in [1.165, 1.54) is 5.69 Å². The van der Waals surface area contributed by atoms with Crippen molar-refractivity contribution in [3.63, 3.8) is 0 Å². The monoisotopic (exact) mass is 447 g/mol. The van der Waals surface area contributed by atoms with Crippen LogP contribution in [0.15, 0.2) is 48.1 Å². The number of aromatic nitrogens is 3. The number of methoxy groups -OCH3 is 2. The van der Waals surface area contributed by atoms with E-state index < -0.39 is 0 Å². The van der Waals surface area contributed by atoms with E-state index in [2.05, 4.69) is 38.4 Å². The van der Waals surface area contributed by atoms with Crippen molar-refractivity contribution in [2.24, 2.45) is 0 Å². The van der Waals surface area contributed by atoms with Gasteiger partial charge in [-0.05, 0) is 36.8 Å². The predicted octanol–water partition coefficient (Wildman–Crippen LogP) is 4.41. The van der Waals surface area contributed by atoms with Gasteiger partial charge in [-0.25, -0.2) is 9.97 Å². The molecule has 1 fully saturated rings. The number of thiophene rings is 1. The largest absolute Gasteiger partial charge is 0.493 e. The van der Waals surface area contributed by atoms with Crippen molar-refractivity contribution < 1.29 is 9.47 Å². The number of ether oxygens (including phenoxy) is 2. The van der Waals surface area contributed by atoms with Crippen molar-refractivity contribution in [3.8, 4) is 22.6 Å². The van der Waals surface area contributed by atoms with E-state index >= 15 is 0 Å². The van der Waals surface area contributed by atoms with Gasteiger partial charge in [-0.15, -0.1) is 11.3 Å². The summed E-state index contributed by atoms with van der Waals surface area (Å²) in [7, 11) is 3.31. The molecular formula is C24H25N5O2S. The first-order valence-corrected chi connectivity index (χ1v) is 11.4. The summed E-state index contributed by atoms with van der Waals surface area (Å²) in [5.74, 6) is 3.23. The van der Waals surface area contributed by atoms with Crippen LogP contribution in [-0.2, 0) is 0 Å². The molecule has 3 aromatic heterocycles. The highest BCUT2D eigenvalue weighted by molar-refractivity contribution is 7.17. The van der Waals surface area contributed by atoms with Crippen LogP contribution in [0.5, 0.6) is 11.5 Å². The average molecular weight is 448 g/mol. The number of piperazine rings is 1. The second-order valence-electron chi connectivity index (χ2n) is 7.67. The van der Waals surface area contributed by atoms with Gasteiger partial charge in [-0.1, -0.05) is 6.07 Å². The molecule has 164 valence electrons. The summed E-state index contributed by atoms with van der Waals surface area (Å²) >= 11 is 1.65. The Balaban J connectivity index is 1.51. The van der Waals surface area contributed by atoms with Crippen LogP contribution >= 0.6 is 11.3 Å². The lowest BCUT2D eigenvalue weighted by atomic mass is 10.0. The van der Waals surface area contributed by atoms with Crippen molar-refractivity contribution >= 4 is 33.1 Å². The molecule has 1 aliphatic rings. The molecular weight excluding hydrogens is 422 g/mol. The lowest BCUT2D eigenvalue weighted by Crippen LogP contribution is -2.47. The average Bonchev–Trinajstić information content (AvgIpc) is 3.27. The van der Waals surface area contributed by atoms with Crippen molar-refractivity contribution in [1.29, 1.82) is 0 Å². The van der Waals surface area contributed by atoms with Gasteiger partial charge in [0, 0.05) is 55.2 Å². The molecule has 0 amide bonds. The Hall–Kier alpha value is -3.39. The van der Waals surface area contributed by atoms with Gasteiger partial charge in [0.05, 0.1) is 19.6 Å². The Labute approximate surface area is 191 Å². The Morgan fingerprint density at radius 2 is 1.59 bits per heavy atom. The van der Waals surface area contributed by atoms with Crippen molar-refractivity contribution in [3.05, 3.63) is 53.9 Å². The van der Waals surface area contributed by atoms with E-state index in [-0.39, 0.29) is 0 Å². The molecule has 0 bridgehead atoms. The zero-order valence-electron chi connectivity index (χ0n) is 18.4. The summed E-state index contributed by atoms with van der Waals surface area (Å²) in [6, 6.07) is 10.2. The molecule has 0 atom stereocenters. The molecule has 0 unspecified atom stereocenters. The van der Waals surface area contributed by atoms with Gasteiger partial charge >= 0.3 is 0 Å². The highest BCUT2D eigenvalue weighted by atomic mass is 32.1. The molecule has 4 heterocycles. The molecule has 0 N–H and O–H groups in total. The third kappa shape index (κ3) is 3.71. The molecule has 1 saturated heterocycles. The van der Waals surface area contributed by atoms with Crippen LogP contribution in [-0.4, -0.2) is 55.4 Å². The molecule has 1 aromatic carbocycles. The van der Waals surface area contributed by atoms with Crippen LogP contribution in [0.2, 0.25) is 0 Å². The fourth-order valence-electron chi connectivity index (χ4n) is 4.20. The number of benzene rings is 1. The minimum Gasteiger partial charge on any atom is -0.493 e. The van der Waals surface area contributed by atoms with Gasteiger partial charge < -0.3 is 19.3 Å². The van der Waals surface area contributed by atoms with Gasteiger partial charge in [-0.2, -0.15) is 0 Å². The molecule has 0 aliphatic carbocycles. The number of rotatable bonds is 5. The quantitative estimate of drug-likeness (QED) is 0.449. The number of nitrogens with zero attached hydrogens (tertiary/aromatic N) is 5. The normalized spacial score (nSPS) is 14.1. The van der Waals surface area contributed by atoms with Gasteiger partial charge in [0.15, 0.2) is 11.5 Å². The SMILES string of the molecule is COc1ccc(-c2csc3nc(C)nc(N4CCN(c5ccncc5)CC4)c23)cc1OC. The topological polar surface area (TPSA) is 63.6 Å². The van der Waals surface area contributed by atoms with Gasteiger partial charge in [0.1, 0.15) is 16.5 Å². The highest BCUT2D eigenvalue weighted by Crippen LogP contribution is 2.41. The second-order valence-corrected chi connectivity index (χ2v) is 8.53. The fraction of sp³-hybridized carbons (Fsp3) is 0.292. The maximum atomic E-state index is 5.53. The molecule has 0 radical (unpaired) electrons. The lowest BCUT2D eigenvalue weighted by molar-refractivity contribution is 0.355. The maximum absolute atomic E-state index is 5.53. The summed E-state index contributed by atoms with van der Waals surface area (Å²) in [6.45, 7) is 5.63. The standard InChI is InChI=1S/C24H25N5O2S/c1-16-26-23(29-12-10-28(11-13-29)18-6-8-25-9-7-18)22-19(15-32-24(22)27-16)17-4-5-20(30-2)21(14-17)31-3/h4-9,14-15H,10-13H2,1-3H3. The summed E-state index contributed by atoms with van der Waals surface area (Å²) < 4.78 is 10.9. The van der Waals surface area contributed by atoms with Gasteiger partial charge in [0.2, 0.25) is 0 Å². The number of aryl methyl sites for hydroxylation is 1. The minimum absolute atomic E-state index is 0.713. The van der Waals surface area contributed by atoms with Crippen LogP contribution in [0.4, 0.5) is 11.5 Å². The molecule has 0 saturated carbocycles. The van der Waals surface area contributed by atoms with Gasteiger partial charge in [0.25, 0.3) is 0 Å². The lowest BCUT2D eigenvalue weighted by Gasteiger charge is -2.37. The zero-order valence-corrected chi connectivity index (χ0v) is 19.2. The Bertz CT molecular complexity index is 1240. The van der Waals surface area contributed by atoms with Crippen molar-refractivity contribution in [2.45, 2.75) is 6.92 Å². The molecule has 1 aliphatic heterocycles. The first kappa shape index (κ1) is 20.5. The van der Waals surface area contributed by atoms with E-state index in [1.807, 2.05) is 31.5 Å².